The van der Waals surface area contributed by atoms with Crippen molar-refractivity contribution in [3.8, 4) is 0 Å². The van der Waals surface area contributed by atoms with Gasteiger partial charge in [0, 0.05) is 12.1 Å². The molecule has 0 aliphatic carbocycles. The molecule has 0 unspecified atom stereocenters. The Kier molecular flexibility index (Phi) is 5.12. The van der Waals surface area contributed by atoms with Crippen LogP contribution in [0, 0.1) is 5.82 Å². The molecule has 4 heteroatoms. The Balaban J connectivity index is 1.98. The molecule has 0 saturated heterocycles. The van der Waals surface area contributed by atoms with Crippen LogP contribution in [0.5, 0.6) is 0 Å². The largest absolute Gasteiger partial charge is 0.348 e. The zero-order valence-corrected chi connectivity index (χ0v) is 13.6. The summed E-state index contributed by atoms with van der Waals surface area (Å²) in [6.07, 6.45) is 0. The molecular formula is C17H17BrFNO. The number of hydrogen-bond acceptors (Lipinski definition) is 1. The molecule has 0 saturated carbocycles. The topological polar surface area (TPSA) is 29.1 Å². The van der Waals surface area contributed by atoms with Gasteiger partial charge in [-0.3, -0.25) is 4.79 Å². The van der Waals surface area contributed by atoms with Crippen molar-refractivity contribution < 1.29 is 9.18 Å². The van der Waals surface area contributed by atoms with Crippen LogP contribution in [0.2, 0.25) is 0 Å². The average Bonchev–Trinajstić information content (AvgIpc) is 2.48. The predicted molar refractivity (Wildman–Crippen MR) is 85.8 cm³/mol. The summed E-state index contributed by atoms with van der Waals surface area (Å²) in [7, 11) is 0. The average molecular weight is 350 g/mol. The smallest absolute Gasteiger partial charge is 0.251 e. The number of amides is 1. The van der Waals surface area contributed by atoms with Crippen molar-refractivity contribution in [2.45, 2.75) is 26.3 Å². The van der Waals surface area contributed by atoms with Crippen molar-refractivity contribution in [3.63, 3.8) is 0 Å². The van der Waals surface area contributed by atoms with Crippen molar-refractivity contribution in [1.82, 2.24) is 5.32 Å². The third kappa shape index (κ3) is 4.14. The summed E-state index contributed by atoms with van der Waals surface area (Å²) in [6, 6.07) is 12.4. The standard InChI is InChI=1S/C17H17BrFNO/c1-11(2)13-5-3-12(4-6-13)10-20-17(21)14-7-8-16(19)15(18)9-14/h3-9,11H,10H2,1-2H3,(H,20,21). The van der Waals surface area contributed by atoms with E-state index in [1.165, 1.54) is 23.8 Å². The van der Waals surface area contributed by atoms with Gasteiger partial charge in [-0.15, -0.1) is 0 Å². The lowest BCUT2D eigenvalue weighted by Gasteiger charge is -2.08. The maximum atomic E-state index is 13.1. The lowest BCUT2D eigenvalue weighted by molar-refractivity contribution is 0.0951. The van der Waals surface area contributed by atoms with Gasteiger partial charge in [0.1, 0.15) is 5.82 Å². The molecule has 0 bridgehead atoms. The van der Waals surface area contributed by atoms with Crippen LogP contribution in [-0.2, 0) is 6.54 Å². The van der Waals surface area contributed by atoms with E-state index in [-0.39, 0.29) is 16.2 Å². The fourth-order valence-electron chi connectivity index (χ4n) is 1.94. The molecule has 2 aromatic rings. The van der Waals surface area contributed by atoms with Crippen molar-refractivity contribution in [2.24, 2.45) is 0 Å². The van der Waals surface area contributed by atoms with Gasteiger partial charge in [-0.05, 0) is 51.2 Å². The zero-order valence-electron chi connectivity index (χ0n) is 12.0. The molecule has 110 valence electrons. The molecule has 0 atom stereocenters. The van der Waals surface area contributed by atoms with Crippen molar-refractivity contribution in [1.29, 1.82) is 0 Å². The molecule has 2 rings (SSSR count). The Morgan fingerprint density at radius 2 is 1.86 bits per heavy atom. The van der Waals surface area contributed by atoms with Crippen LogP contribution in [0.25, 0.3) is 0 Å². The normalized spacial score (nSPS) is 10.7. The third-order valence-corrected chi connectivity index (χ3v) is 3.89. The predicted octanol–water partition coefficient (Wildman–Crippen LogP) is 4.64. The van der Waals surface area contributed by atoms with Crippen LogP contribution in [0.4, 0.5) is 4.39 Å². The number of benzene rings is 2. The fourth-order valence-corrected chi connectivity index (χ4v) is 2.32. The van der Waals surface area contributed by atoms with Gasteiger partial charge in [-0.25, -0.2) is 4.39 Å². The van der Waals surface area contributed by atoms with E-state index >= 15 is 0 Å². The first-order chi connectivity index (χ1) is 9.97. The Hall–Kier alpha value is -1.68. The lowest BCUT2D eigenvalue weighted by Crippen LogP contribution is -2.22. The molecule has 0 spiro atoms. The zero-order chi connectivity index (χ0) is 15.4. The van der Waals surface area contributed by atoms with Gasteiger partial charge in [-0.1, -0.05) is 38.1 Å². The Bertz CT molecular complexity index is 638. The van der Waals surface area contributed by atoms with E-state index in [0.717, 1.165) is 5.56 Å². The highest BCUT2D eigenvalue weighted by atomic mass is 79.9. The maximum absolute atomic E-state index is 13.1. The first-order valence-electron chi connectivity index (χ1n) is 6.79. The molecule has 0 aliphatic rings. The summed E-state index contributed by atoms with van der Waals surface area (Å²) in [5.74, 6) is -0.107. The number of nitrogens with one attached hydrogen (secondary N) is 1. The van der Waals surface area contributed by atoms with Gasteiger partial charge in [-0.2, -0.15) is 0 Å². The highest BCUT2D eigenvalue weighted by Gasteiger charge is 2.08. The molecule has 0 heterocycles. The second kappa shape index (κ2) is 6.85. The summed E-state index contributed by atoms with van der Waals surface area (Å²) >= 11 is 3.08. The van der Waals surface area contributed by atoms with Crippen LogP contribution in [0.1, 0.15) is 41.3 Å². The summed E-state index contributed by atoms with van der Waals surface area (Å²) in [5.41, 5.74) is 2.74. The number of carbonyl (C=O) groups is 1. The third-order valence-electron chi connectivity index (χ3n) is 3.28. The molecule has 2 nitrogen and oxygen atoms in total. The van der Waals surface area contributed by atoms with E-state index in [1.807, 2.05) is 12.1 Å². The van der Waals surface area contributed by atoms with Gasteiger partial charge in [0.2, 0.25) is 0 Å². The number of rotatable bonds is 4. The Labute approximate surface area is 132 Å². The van der Waals surface area contributed by atoms with E-state index in [2.05, 4.69) is 47.2 Å². The molecule has 0 radical (unpaired) electrons. The summed E-state index contributed by atoms with van der Waals surface area (Å²) in [6.45, 7) is 4.73. The van der Waals surface area contributed by atoms with Crippen LogP contribution in [0.3, 0.4) is 0 Å². The molecule has 0 fully saturated rings. The monoisotopic (exact) mass is 349 g/mol. The van der Waals surface area contributed by atoms with Gasteiger partial charge >= 0.3 is 0 Å². The Morgan fingerprint density at radius 3 is 2.43 bits per heavy atom. The van der Waals surface area contributed by atoms with Crippen LogP contribution < -0.4 is 5.32 Å². The molecule has 2 aromatic carbocycles. The van der Waals surface area contributed by atoms with Crippen LogP contribution >= 0.6 is 15.9 Å². The molecule has 1 N–H and O–H groups in total. The van der Waals surface area contributed by atoms with Crippen LogP contribution in [-0.4, -0.2) is 5.91 Å². The maximum Gasteiger partial charge on any atom is 0.251 e. The summed E-state index contributed by atoms with van der Waals surface area (Å²) in [4.78, 5) is 12.0. The number of carbonyl (C=O) groups excluding carboxylic acids is 1. The highest BCUT2D eigenvalue weighted by Crippen LogP contribution is 2.17. The first-order valence-corrected chi connectivity index (χ1v) is 7.58. The van der Waals surface area contributed by atoms with E-state index in [0.29, 0.717) is 18.0 Å². The molecule has 21 heavy (non-hydrogen) atoms. The molecule has 0 aliphatic heterocycles. The molecule has 1 amide bonds. The van der Waals surface area contributed by atoms with Crippen molar-refractivity contribution in [3.05, 3.63) is 69.4 Å². The van der Waals surface area contributed by atoms with Crippen molar-refractivity contribution >= 4 is 21.8 Å². The van der Waals surface area contributed by atoms with Crippen molar-refractivity contribution in [2.75, 3.05) is 0 Å². The quantitative estimate of drug-likeness (QED) is 0.855. The minimum Gasteiger partial charge on any atom is -0.348 e. The first kappa shape index (κ1) is 15.7. The van der Waals surface area contributed by atoms with E-state index in [9.17, 15) is 9.18 Å². The lowest BCUT2D eigenvalue weighted by atomic mass is 10.0. The van der Waals surface area contributed by atoms with E-state index in [4.69, 9.17) is 0 Å². The van der Waals surface area contributed by atoms with E-state index < -0.39 is 0 Å². The minimum atomic E-state index is -0.379. The van der Waals surface area contributed by atoms with Gasteiger partial charge in [0.05, 0.1) is 4.47 Å². The summed E-state index contributed by atoms with van der Waals surface area (Å²) < 4.78 is 13.4. The molecule has 0 aromatic heterocycles. The van der Waals surface area contributed by atoms with Crippen LogP contribution in [0.15, 0.2) is 46.9 Å². The van der Waals surface area contributed by atoms with Gasteiger partial charge in [0.15, 0.2) is 0 Å². The fraction of sp³-hybridized carbons (Fsp3) is 0.235. The minimum absolute atomic E-state index is 0.219. The number of hydrogen-bond donors (Lipinski definition) is 1. The second-order valence-electron chi connectivity index (χ2n) is 5.21. The highest BCUT2D eigenvalue weighted by molar-refractivity contribution is 9.10. The SMILES string of the molecule is CC(C)c1ccc(CNC(=O)c2ccc(F)c(Br)c2)cc1. The van der Waals surface area contributed by atoms with Gasteiger partial charge in [0.25, 0.3) is 5.91 Å². The Morgan fingerprint density at radius 1 is 1.19 bits per heavy atom. The van der Waals surface area contributed by atoms with Gasteiger partial charge < -0.3 is 5.32 Å². The second-order valence-corrected chi connectivity index (χ2v) is 6.06. The molecular weight excluding hydrogens is 333 g/mol. The summed E-state index contributed by atoms with van der Waals surface area (Å²) in [5, 5.41) is 2.83. The van der Waals surface area contributed by atoms with E-state index in [1.54, 1.807) is 0 Å². The number of halogens is 2.